The van der Waals surface area contributed by atoms with Crippen molar-refractivity contribution >= 4 is 11.3 Å². The van der Waals surface area contributed by atoms with Crippen LogP contribution in [-0.2, 0) is 0 Å². The van der Waals surface area contributed by atoms with Gasteiger partial charge in [-0.05, 0) is 19.3 Å². The fraction of sp³-hybridized carbons (Fsp3) is 0.727. The predicted octanol–water partition coefficient (Wildman–Crippen LogP) is 2.20. The van der Waals surface area contributed by atoms with Gasteiger partial charge in [-0.25, -0.2) is 4.98 Å². The Morgan fingerprint density at radius 2 is 2.20 bits per heavy atom. The molecule has 3 nitrogen and oxygen atoms in total. The molecule has 0 aliphatic heterocycles. The number of hydrogen-bond donors (Lipinski definition) is 2. The first kappa shape index (κ1) is 12.6. The molecule has 1 heterocycles. The number of aromatic nitrogens is 1. The van der Waals surface area contributed by atoms with Gasteiger partial charge in [0, 0.05) is 18.0 Å². The van der Waals surface area contributed by atoms with Crippen molar-refractivity contribution in [2.45, 2.75) is 39.3 Å². The van der Waals surface area contributed by atoms with E-state index in [1.807, 2.05) is 10.9 Å². The van der Waals surface area contributed by atoms with Crippen molar-refractivity contribution in [2.24, 2.45) is 5.92 Å². The number of rotatable bonds is 6. The second-order valence-corrected chi connectivity index (χ2v) is 5.05. The molecule has 0 aliphatic carbocycles. The molecule has 4 heteroatoms. The molecule has 0 saturated carbocycles. The van der Waals surface area contributed by atoms with Crippen LogP contribution in [0.3, 0.4) is 0 Å². The molecule has 0 spiro atoms. The summed E-state index contributed by atoms with van der Waals surface area (Å²) in [5.41, 5.74) is 2.88. The minimum atomic E-state index is -0.258. The molecule has 0 amide bonds. The van der Waals surface area contributed by atoms with Crippen LogP contribution in [0.25, 0.3) is 0 Å². The number of thiazole rings is 1. The van der Waals surface area contributed by atoms with Crippen molar-refractivity contribution in [2.75, 3.05) is 6.54 Å². The highest BCUT2D eigenvalue weighted by molar-refractivity contribution is 7.07. The minimum absolute atomic E-state index is 0.220. The van der Waals surface area contributed by atoms with Crippen LogP contribution in [0, 0.1) is 5.92 Å². The van der Waals surface area contributed by atoms with Gasteiger partial charge < -0.3 is 10.4 Å². The first-order chi connectivity index (χ1) is 7.09. The Hall–Kier alpha value is -0.450. The Bertz CT molecular complexity index is 262. The molecule has 15 heavy (non-hydrogen) atoms. The summed E-state index contributed by atoms with van der Waals surface area (Å²) >= 11 is 1.60. The topological polar surface area (TPSA) is 45.1 Å². The van der Waals surface area contributed by atoms with E-state index >= 15 is 0 Å². The summed E-state index contributed by atoms with van der Waals surface area (Å²) < 4.78 is 0. The number of aliphatic hydroxyl groups is 1. The minimum Gasteiger partial charge on any atom is -0.392 e. The molecule has 2 atom stereocenters. The zero-order chi connectivity index (χ0) is 11.3. The summed E-state index contributed by atoms with van der Waals surface area (Å²) in [4.78, 5) is 4.23. The molecule has 1 aromatic heterocycles. The molecule has 2 N–H and O–H groups in total. The van der Waals surface area contributed by atoms with Crippen LogP contribution in [0.1, 0.15) is 38.9 Å². The fourth-order valence-corrected chi connectivity index (χ4v) is 2.13. The molecule has 0 aromatic carbocycles. The second-order valence-electron chi connectivity index (χ2n) is 4.33. The fourth-order valence-electron chi connectivity index (χ4n) is 1.48. The third kappa shape index (κ3) is 4.73. The summed E-state index contributed by atoms with van der Waals surface area (Å²) in [6.07, 6.45) is 0.586. The van der Waals surface area contributed by atoms with Crippen LogP contribution in [0.2, 0.25) is 0 Å². The van der Waals surface area contributed by atoms with Crippen LogP contribution in [0.4, 0.5) is 0 Å². The average molecular weight is 228 g/mol. The van der Waals surface area contributed by atoms with Crippen molar-refractivity contribution in [3.63, 3.8) is 0 Å². The zero-order valence-corrected chi connectivity index (χ0v) is 10.4. The van der Waals surface area contributed by atoms with Gasteiger partial charge in [0.2, 0.25) is 0 Å². The van der Waals surface area contributed by atoms with Crippen molar-refractivity contribution in [3.8, 4) is 0 Å². The smallest absolute Gasteiger partial charge is 0.0795 e. The van der Waals surface area contributed by atoms with Gasteiger partial charge in [0.15, 0.2) is 0 Å². The Balaban J connectivity index is 2.25. The summed E-state index contributed by atoms with van der Waals surface area (Å²) in [6, 6.07) is 0.220. The largest absolute Gasteiger partial charge is 0.392 e. The van der Waals surface area contributed by atoms with E-state index in [0.29, 0.717) is 12.5 Å². The first-order valence-corrected chi connectivity index (χ1v) is 6.33. The Labute approximate surface area is 95.6 Å². The van der Waals surface area contributed by atoms with E-state index in [1.165, 1.54) is 0 Å². The van der Waals surface area contributed by atoms with E-state index in [0.717, 1.165) is 12.1 Å². The van der Waals surface area contributed by atoms with Gasteiger partial charge >= 0.3 is 0 Å². The molecule has 0 fully saturated rings. The van der Waals surface area contributed by atoms with Gasteiger partial charge in [-0.2, -0.15) is 0 Å². The van der Waals surface area contributed by atoms with Crippen LogP contribution in [-0.4, -0.2) is 22.7 Å². The molecule has 0 bridgehead atoms. The Morgan fingerprint density at radius 1 is 1.47 bits per heavy atom. The van der Waals surface area contributed by atoms with Crippen LogP contribution in [0.15, 0.2) is 10.9 Å². The van der Waals surface area contributed by atoms with Gasteiger partial charge in [0.25, 0.3) is 0 Å². The molecule has 1 aromatic rings. The number of nitrogens with one attached hydrogen (secondary N) is 1. The van der Waals surface area contributed by atoms with E-state index in [9.17, 15) is 5.11 Å². The lowest BCUT2D eigenvalue weighted by atomic mass is 10.1. The molecular formula is C11H20N2OS. The number of nitrogens with zero attached hydrogens (tertiary/aromatic N) is 1. The van der Waals surface area contributed by atoms with Gasteiger partial charge in [0.1, 0.15) is 0 Å². The number of hydrogen-bond acceptors (Lipinski definition) is 4. The lowest BCUT2D eigenvalue weighted by Gasteiger charge is -2.17. The highest BCUT2D eigenvalue weighted by Crippen LogP contribution is 2.12. The molecule has 0 radical (unpaired) electrons. The maximum absolute atomic E-state index is 9.69. The van der Waals surface area contributed by atoms with Gasteiger partial charge in [-0.1, -0.05) is 13.8 Å². The molecular weight excluding hydrogens is 208 g/mol. The van der Waals surface area contributed by atoms with Crippen molar-refractivity contribution < 1.29 is 5.11 Å². The third-order valence-corrected chi connectivity index (χ3v) is 2.90. The van der Waals surface area contributed by atoms with Crippen molar-refractivity contribution in [3.05, 3.63) is 16.6 Å². The van der Waals surface area contributed by atoms with Crippen molar-refractivity contribution in [1.29, 1.82) is 0 Å². The lowest BCUT2D eigenvalue weighted by molar-refractivity contribution is 0.143. The standard InChI is InChI=1S/C11H20N2OS/c1-8(2)4-10(14)5-12-9(3)11-6-15-7-13-11/h6-10,12,14H,4-5H2,1-3H3. The maximum atomic E-state index is 9.69. The maximum Gasteiger partial charge on any atom is 0.0795 e. The van der Waals surface area contributed by atoms with Crippen LogP contribution < -0.4 is 5.32 Å². The summed E-state index contributed by atoms with van der Waals surface area (Å²) in [7, 11) is 0. The quantitative estimate of drug-likeness (QED) is 0.784. The van der Waals surface area contributed by atoms with E-state index in [2.05, 4.69) is 31.1 Å². The van der Waals surface area contributed by atoms with E-state index < -0.39 is 0 Å². The van der Waals surface area contributed by atoms with Gasteiger partial charge in [0.05, 0.1) is 17.3 Å². The van der Waals surface area contributed by atoms with Gasteiger partial charge in [-0.15, -0.1) is 11.3 Å². The first-order valence-electron chi connectivity index (χ1n) is 5.39. The van der Waals surface area contributed by atoms with E-state index in [-0.39, 0.29) is 12.1 Å². The predicted molar refractivity (Wildman–Crippen MR) is 64.0 cm³/mol. The third-order valence-electron chi connectivity index (χ3n) is 2.30. The molecule has 1 rings (SSSR count). The molecule has 0 saturated heterocycles. The number of aliphatic hydroxyl groups excluding tert-OH is 1. The van der Waals surface area contributed by atoms with Crippen LogP contribution in [0.5, 0.6) is 0 Å². The van der Waals surface area contributed by atoms with E-state index in [4.69, 9.17) is 0 Å². The lowest BCUT2D eigenvalue weighted by Crippen LogP contribution is -2.30. The highest BCUT2D eigenvalue weighted by atomic mass is 32.1. The van der Waals surface area contributed by atoms with Crippen molar-refractivity contribution in [1.82, 2.24) is 10.3 Å². The van der Waals surface area contributed by atoms with Crippen LogP contribution >= 0.6 is 11.3 Å². The normalized spacial score (nSPS) is 15.5. The highest BCUT2D eigenvalue weighted by Gasteiger charge is 2.10. The Morgan fingerprint density at radius 3 is 2.73 bits per heavy atom. The summed E-state index contributed by atoms with van der Waals surface area (Å²) in [5.74, 6) is 0.538. The summed E-state index contributed by atoms with van der Waals surface area (Å²) in [6.45, 7) is 6.94. The SMILES string of the molecule is CC(C)CC(O)CNC(C)c1cscn1. The zero-order valence-electron chi connectivity index (χ0n) is 9.60. The van der Waals surface area contributed by atoms with Gasteiger partial charge in [-0.3, -0.25) is 0 Å². The second kappa shape index (κ2) is 6.20. The molecule has 86 valence electrons. The molecule has 2 unspecified atom stereocenters. The summed E-state index contributed by atoms with van der Waals surface area (Å²) in [5, 5.41) is 15.0. The molecule has 0 aliphatic rings. The Kier molecular flexibility index (Phi) is 5.22. The average Bonchev–Trinajstić information content (AvgIpc) is 2.65. The monoisotopic (exact) mass is 228 g/mol. The van der Waals surface area contributed by atoms with E-state index in [1.54, 1.807) is 11.3 Å².